The molecule has 0 aromatic heterocycles. The lowest BCUT2D eigenvalue weighted by molar-refractivity contribution is -0.127. The van der Waals surface area contributed by atoms with Crippen LogP contribution in [-0.4, -0.2) is 25.0 Å². The number of anilines is 2. The van der Waals surface area contributed by atoms with Crippen LogP contribution in [0.2, 0.25) is 0 Å². The number of fused-ring (bicyclic) bond motifs is 1. The molecular formula is C29H30N2O3. The van der Waals surface area contributed by atoms with Crippen LogP contribution >= 0.6 is 0 Å². The van der Waals surface area contributed by atoms with Crippen LogP contribution in [-0.2, 0) is 9.59 Å². The zero-order chi connectivity index (χ0) is 24.1. The van der Waals surface area contributed by atoms with Gasteiger partial charge in [-0.1, -0.05) is 66.7 Å². The molecule has 0 atom stereocenters. The largest absolute Gasteiger partial charge is 0.490 e. The van der Waals surface area contributed by atoms with E-state index in [0.29, 0.717) is 30.1 Å². The van der Waals surface area contributed by atoms with Crippen molar-refractivity contribution in [3.63, 3.8) is 0 Å². The quantitative estimate of drug-likeness (QED) is 0.460. The summed E-state index contributed by atoms with van der Waals surface area (Å²) >= 11 is 0. The molecule has 1 N–H and O–H groups in total. The maximum Gasteiger partial charge on any atom is 0.236 e. The molecule has 5 heteroatoms. The molecule has 0 radical (unpaired) electrons. The number of nitrogens with one attached hydrogen (secondary N) is 1. The molecule has 0 unspecified atom stereocenters. The molecule has 3 aromatic rings. The minimum Gasteiger partial charge on any atom is -0.490 e. The molecular weight excluding hydrogens is 424 g/mol. The fourth-order valence-electron chi connectivity index (χ4n) is 4.23. The molecule has 4 rings (SSSR count). The third-order valence-corrected chi connectivity index (χ3v) is 6.05. The summed E-state index contributed by atoms with van der Waals surface area (Å²) in [7, 11) is 0. The molecule has 0 saturated heterocycles. The van der Waals surface area contributed by atoms with Crippen molar-refractivity contribution >= 4 is 23.2 Å². The third-order valence-electron chi connectivity index (χ3n) is 6.05. The van der Waals surface area contributed by atoms with Gasteiger partial charge in [-0.05, 0) is 43.2 Å². The highest BCUT2D eigenvalue weighted by Crippen LogP contribution is 2.38. The van der Waals surface area contributed by atoms with Crippen LogP contribution in [0, 0.1) is 5.41 Å². The van der Waals surface area contributed by atoms with E-state index in [1.165, 1.54) is 0 Å². The Bertz CT molecular complexity index is 1130. The number of benzene rings is 3. The van der Waals surface area contributed by atoms with E-state index in [0.717, 1.165) is 11.1 Å². The number of ether oxygens (including phenoxy) is 1. The smallest absolute Gasteiger partial charge is 0.236 e. The Labute approximate surface area is 201 Å². The van der Waals surface area contributed by atoms with Gasteiger partial charge in [-0.2, -0.15) is 0 Å². The van der Waals surface area contributed by atoms with Crippen LogP contribution in [0.3, 0.4) is 0 Å². The van der Waals surface area contributed by atoms with Crippen molar-refractivity contribution in [3.05, 3.63) is 103 Å². The van der Waals surface area contributed by atoms with Gasteiger partial charge in [0.15, 0.2) is 0 Å². The number of amides is 2. The maximum absolute atomic E-state index is 13.1. The van der Waals surface area contributed by atoms with Crippen LogP contribution in [0.1, 0.15) is 37.3 Å². The molecule has 3 aromatic carbocycles. The predicted octanol–water partition coefficient (Wildman–Crippen LogP) is 5.78. The fraction of sp³-hybridized carbons (Fsp3) is 0.241. The van der Waals surface area contributed by atoms with E-state index in [1.807, 2.05) is 86.6 Å². The summed E-state index contributed by atoms with van der Waals surface area (Å²) in [5, 5.41) is 3.02. The second kappa shape index (κ2) is 9.96. The molecule has 0 bridgehead atoms. The molecule has 174 valence electrons. The van der Waals surface area contributed by atoms with Gasteiger partial charge >= 0.3 is 0 Å². The van der Waals surface area contributed by atoms with Crippen molar-refractivity contribution < 1.29 is 14.3 Å². The Hall–Kier alpha value is -3.86. The Balaban J connectivity index is 1.58. The van der Waals surface area contributed by atoms with Crippen molar-refractivity contribution in [2.45, 2.75) is 26.2 Å². The van der Waals surface area contributed by atoms with Crippen molar-refractivity contribution in [2.75, 3.05) is 23.4 Å². The van der Waals surface area contributed by atoms with Crippen molar-refractivity contribution in [1.29, 1.82) is 0 Å². The second-order valence-corrected chi connectivity index (χ2v) is 9.19. The van der Waals surface area contributed by atoms with Gasteiger partial charge in [0, 0.05) is 24.6 Å². The van der Waals surface area contributed by atoms with Gasteiger partial charge in [-0.25, -0.2) is 0 Å². The van der Waals surface area contributed by atoms with Crippen LogP contribution in [0.25, 0.3) is 0 Å². The number of carbonyl (C=O) groups is 2. The first-order valence-electron chi connectivity index (χ1n) is 11.5. The average Bonchev–Trinajstić information content (AvgIpc) is 2.94. The van der Waals surface area contributed by atoms with Gasteiger partial charge in [-0.3, -0.25) is 9.59 Å². The average molecular weight is 455 g/mol. The van der Waals surface area contributed by atoms with Gasteiger partial charge < -0.3 is 15.0 Å². The Morgan fingerprint density at radius 1 is 1.06 bits per heavy atom. The summed E-state index contributed by atoms with van der Waals surface area (Å²) in [6, 6.07) is 25.5. The maximum atomic E-state index is 13.1. The first-order valence-corrected chi connectivity index (χ1v) is 11.5. The molecule has 34 heavy (non-hydrogen) atoms. The molecule has 0 saturated carbocycles. The lowest BCUT2D eigenvalue weighted by Crippen LogP contribution is -2.42. The van der Waals surface area contributed by atoms with E-state index in [-0.39, 0.29) is 24.3 Å². The normalized spacial score (nSPS) is 14.7. The number of carbonyl (C=O) groups excluding carboxylic acids is 2. The van der Waals surface area contributed by atoms with Crippen LogP contribution < -0.4 is 15.0 Å². The van der Waals surface area contributed by atoms with Crippen molar-refractivity contribution in [2.24, 2.45) is 5.41 Å². The summed E-state index contributed by atoms with van der Waals surface area (Å²) in [5.41, 5.74) is 2.77. The third kappa shape index (κ3) is 5.04. The summed E-state index contributed by atoms with van der Waals surface area (Å²) in [6.45, 7) is 8.18. The van der Waals surface area contributed by atoms with E-state index in [1.54, 1.807) is 17.0 Å². The minimum absolute atomic E-state index is 0.0390. The van der Waals surface area contributed by atoms with Gasteiger partial charge in [0.1, 0.15) is 12.4 Å². The highest BCUT2D eigenvalue weighted by Gasteiger charge is 2.37. The lowest BCUT2D eigenvalue weighted by Gasteiger charge is -2.27. The van der Waals surface area contributed by atoms with E-state index in [4.69, 9.17) is 4.74 Å². The molecule has 0 fully saturated rings. The van der Waals surface area contributed by atoms with Crippen LogP contribution in [0.15, 0.2) is 91.5 Å². The van der Waals surface area contributed by atoms with E-state index in [2.05, 4.69) is 11.9 Å². The number of rotatable bonds is 7. The van der Waals surface area contributed by atoms with Gasteiger partial charge in [-0.15, -0.1) is 6.58 Å². The van der Waals surface area contributed by atoms with Crippen LogP contribution in [0.4, 0.5) is 11.4 Å². The van der Waals surface area contributed by atoms with Gasteiger partial charge in [0.25, 0.3) is 0 Å². The summed E-state index contributed by atoms with van der Waals surface area (Å²) < 4.78 is 5.94. The first kappa shape index (κ1) is 23.3. The van der Waals surface area contributed by atoms with E-state index >= 15 is 0 Å². The molecule has 1 heterocycles. The fourth-order valence-corrected chi connectivity index (χ4v) is 4.23. The molecule has 0 aliphatic carbocycles. The zero-order valence-corrected chi connectivity index (χ0v) is 19.7. The monoisotopic (exact) mass is 454 g/mol. The Morgan fingerprint density at radius 3 is 2.26 bits per heavy atom. The second-order valence-electron chi connectivity index (χ2n) is 9.19. The number of nitrogens with zero attached hydrogens (tertiary/aromatic N) is 1. The highest BCUT2D eigenvalue weighted by atomic mass is 16.5. The SMILES string of the molecule is C=CCN1C(=O)C(C)(C)COc2ccc(NC(=O)CC(c3ccccc3)c3ccccc3)cc21. The molecule has 5 nitrogen and oxygen atoms in total. The van der Waals surface area contributed by atoms with Crippen LogP contribution in [0.5, 0.6) is 5.75 Å². The first-order chi connectivity index (χ1) is 16.4. The Kier molecular flexibility index (Phi) is 6.82. The summed E-state index contributed by atoms with van der Waals surface area (Å²) in [6.07, 6.45) is 1.99. The molecule has 2 amide bonds. The molecule has 1 aliphatic rings. The standard InChI is InChI=1S/C29H30N2O3/c1-4-17-31-25-18-23(15-16-26(25)34-20-29(2,3)28(31)33)30-27(32)19-24(21-11-7-5-8-12-21)22-13-9-6-10-14-22/h4-16,18,24H,1,17,19-20H2,2-3H3,(H,30,32). The Morgan fingerprint density at radius 2 is 1.68 bits per heavy atom. The summed E-state index contributed by atoms with van der Waals surface area (Å²) in [4.78, 5) is 27.9. The lowest BCUT2D eigenvalue weighted by atomic mass is 9.88. The van der Waals surface area contributed by atoms with Crippen molar-refractivity contribution in [1.82, 2.24) is 0 Å². The molecule has 1 aliphatic heterocycles. The van der Waals surface area contributed by atoms with Gasteiger partial charge in [0.05, 0.1) is 11.1 Å². The summed E-state index contributed by atoms with van der Waals surface area (Å²) in [5.74, 6) is 0.411. The highest BCUT2D eigenvalue weighted by molar-refractivity contribution is 6.01. The van der Waals surface area contributed by atoms with Crippen molar-refractivity contribution in [3.8, 4) is 5.75 Å². The predicted molar refractivity (Wildman–Crippen MR) is 136 cm³/mol. The molecule has 0 spiro atoms. The topological polar surface area (TPSA) is 58.6 Å². The number of hydrogen-bond donors (Lipinski definition) is 1. The van der Waals surface area contributed by atoms with E-state index in [9.17, 15) is 9.59 Å². The minimum atomic E-state index is -0.663. The van der Waals surface area contributed by atoms with E-state index < -0.39 is 5.41 Å². The number of hydrogen-bond acceptors (Lipinski definition) is 3. The van der Waals surface area contributed by atoms with Gasteiger partial charge in [0.2, 0.25) is 11.8 Å². The zero-order valence-electron chi connectivity index (χ0n) is 19.7.